The van der Waals surface area contributed by atoms with Gasteiger partial charge in [-0.05, 0) is 41.2 Å². The van der Waals surface area contributed by atoms with Gasteiger partial charge in [0, 0.05) is 15.9 Å². The van der Waals surface area contributed by atoms with E-state index in [1.54, 1.807) is 12.3 Å². The van der Waals surface area contributed by atoms with E-state index in [9.17, 15) is 0 Å². The molecule has 0 bridgehead atoms. The first-order chi connectivity index (χ1) is 37.9. The topological polar surface area (TPSA) is 36.9 Å². The Kier molecular flexibility index (Phi) is 11.0. The molecule has 9 aromatic carbocycles. The van der Waals surface area contributed by atoms with Crippen LogP contribution in [-0.4, -0.2) is 18.7 Å². The van der Waals surface area contributed by atoms with E-state index in [1.807, 2.05) is 65.2 Å². The van der Waals surface area contributed by atoms with Gasteiger partial charge in [-0.2, -0.15) is 0 Å². The molecule has 0 N–H and O–H groups in total. The number of benzene rings is 9. The second kappa shape index (κ2) is 19.0. The van der Waals surface area contributed by atoms with E-state index in [4.69, 9.17) is 13.8 Å². The van der Waals surface area contributed by atoms with E-state index < -0.39 is 6.85 Å². The molecular weight excluding hydrogens is 1100 g/mol. The van der Waals surface area contributed by atoms with Gasteiger partial charge in [0.05, 0.1) is 0 Å². The van der Waals surface area contributed by atoms with Crippen LogP contribution in [0.4, 0.5) is 0 Å². The van der Waals surface area contributed by atoms with Crippen LogP contribution >= 0.6 is 0 Å². The standard InChI is InChI=1S/C69H54N4O.Pt/c1-46-38-67(70-44-61(46)50-26-15-8-16-27-50)73-63-37-33-52(47-20-9-5-10-21-47)39-60(63)56-36-35-55(43-66(56)73)74-54-34-32-51-28-19-31-62(57(51)42-54)71-45-72(65-30-18-17-29-64(65)71)68-58(48-22-11-6-12-23-48)40-53(69(2,3)4)41-59(68)49-24-13-7-14-25-49;/h5-18,20-27,29-30,32-41,44,62H,19,28,31H2,1-4H3;/q-2;/i1D3;. The maximum absolute atomic E-state index is 8.69. The zero-order valence-electron chi connectivity index (χ0n) is 44.9. The molecule has 5 nitrogen and oxygen atoms in total. The van der Waals surface area contributed by atoms with Crippen molar-refractivity contribution in [3.63, 3.8) is 0 Å². The molecule has 1 atom stereocenters. The molecule has 368 valence electrons. The van der Waals surface area contributed by atoms with Crippen LogP contribution in [0.5, 0.6) is 11.5 Å². The van der Waals surface area contributed by atoms with Crippen molar-refractivity contribution >= 4 is 32.8 Å². The fourth-order valence-electron chi connectivity index (χ4n) is 11.2. The Morgan fingerprint density at radius 3 is 1.83 bits per heavy atom. The third-order valence-corrected chi connectivity index (χ3v) is 15.9. The predicted octanol–water partition coefficient (Wildman–Crippen LogP) is 17.6. The Morgan fingerprint density at radius 2 is 1.17 bits per heavy atom. The van der Waals surface area contributed by atoms with Crippen LogP contribution in [0.1, 0.15) is 66.0 Å². The summed E-state index contributed by atoms with van der Waals surface area (Å²) < 4.78 is 41.1. The van der Waals surface area contributed by atoms with Crippen LogP contribution < -0.4 is 4.74 Å². The van der Waals surface area contributed by atoms with Crippen LogP contribution in [0, 0.1) is 22.8 Å². The molecular formula is C69H54N4OPt-2. The number of aryl methyl sites for hydroxylation is 2. The SMILES string of the molecule is [2H]C([2H])([2H])c1cc(-n2c3[c-]c(Oc4[c-]c5c(cc4)CCCC5n4[c](=[Pt])n(-c5c(-c6ccccc6)cc(C(C)(C)C)cc5-c5ccccc5)c5ccccc54)ccc3c3cc(-c4ccccc4)ccc32)ncc1-c1ccccc1. The van der Waals surface area contributed by atoms with Crippen LogP contribution in [-0.2, 0) is 31.2 Å². The molecule has 1 unspecified atom stereocenters. The average Bonchev–Trinajstić information content (AvgIpc) is 4.09. The Bertz CT molecular complexity index is 4250. The zero-order valence-corrected chi connectivity index (χ0v) is 44.2. The number of ether oxygens (including phenoxy) is 1. The third-order valence-electron chi connectivity index (χ3n) is 14.9. The van der Waals surface area contributed by atoms with Gasteiger partial charge in [-0.25, -0.2) is 4.98 Å². The summed E-state index contributed by atoms with van der Waals surface area (Å²) >= 11 is 2.57. The van der Waals surface area contributed by atoms with E-state index in [0.29, 0.717) is 22.9 Å². The van der Waals surface area contributed by atoms with Crippen molar-refractivity contribution in [1.82, 2.24) is 18.7 Å². The molecule has 0 spiro atoms. The van der Waals surface area contributed by atoms with Gasteiger partial charge >= 0.3 is 321 Å². The summed E-state index contributed by atoms with van der Waals surface area (Å²) in [6.07, 6.45) is 4.59. The van der Waals surface area contributed by atoms with E-state index >= 15 is 0 Å². The molecule has 75 heavy (non-hydrogen) atoms. The maximum atomic E-state index is 8.69. The zero-order chi connectivity index (χ0) is 53.3. The van der Waals surface area contributed by atoms with Gasteiger partial charge in [0.1, 0.15) is 0 Å². The molecule has 13 rings (SSSR count). The van der Waals surface area contributed by atoms with Crippen LogP contribution in [0.15, 0.2) is 212 Å². The second-order valence-corrected chi connectivity index (χ2v) is 21.6. The first kappa shape index (κ1) is 43.3. The predicted molar refractivity (Wildman–Crippen MR) is 304 cm³/mol. The van der Waals surface area contributed by atoms with Crippen LogP contribution in [0.2, 0.25) is 0 Å². The minimum absolute atomic E-state index is 0.0321. The van der Waals surface area contributed by atoms with Gasteiger partial charge in [-0.3, -0.25) is 0 Å². The van der Waals surface area contributed by atoms with Gasteiger partial charge in [0.25, 0.3) is 0 Å². The molecule has 0 fully saturated rings. The van der Waals surface area contributed by atoms with Gasteiger partial charge in [0.2, 0.25) is 0 Å². The molecule has 0 amide bonds. The van der Waals surface area contributed by atoms with E-state index in [0.717, 1.165) is 83.8 Å². The van der Waals surface area contributed by atoms with Gasteiger partial charge in [0.15, 0.2) is 0 Å². The Balaban J connectivity index is 0.947. The Labute approximate surface area is 453 Å². The Hall–Kier alpha value is -8.11. The minimum atomic E-state index is -2.40. The summed E-state index contributed by atoms with van der Waals surface area (Å²) in [5, 5.41) is 1.93. The van der Waals surface area contributed by atoms with Gasteiger partial charge in [-0.15, -0.1) is 0 Å². The number of pyridine rings is 1. The molecule has 0 radical (unpaired) electrons. The number of fused-ring (bicyclic) bond motifs is 5. The number of nitrogens with zero attached hydrogens (tertiary/aromatic N) is 4. The monoisotopic (exact) mass is 1150 g/mol. The van der Waals surface area contributed by atoms with E-state index in [1.165, 1.54) is 33.4 Å². The molecule has 0 saturated carbocycles. The van der Waals surface area contributed by atoms with Crippen molar-refractivity contribution in [2.75, 3.05) is 0 Å². The van der Waals surface area contributed by atoms with Gasteiger partial charge < -0.3 is 0 Å². The molecule has 0 saturated heterocycles. The summed E-state index contributed by atoms with van der Waals surface area (Å²) in [5.41, 5.74) is 17.0. The van der Waals surface area contributed by atoms with Crippen LogP contribution in [0.3, 0.4) is 0 Å². The number of hydrogen-bond donors (Lipinski definition) is 0. The van der Waals surface area contributed by atoms with Crippen molar-refractivity contribution in [3.05, 3.63) is 251 Å². The third kappa shape index (κ3) is 8.40. The number of rotatable bonds is 9. The number of aromatic nitrogens is 4. The average molecular weight is 1150 g/mol. The molecule has 0 aliphatic heterocycles. The number of hydrogen-bond acceptors (Lipinski definition) is 2. The fourth-order valence-corrected chi connectivity index (χ4v) is 12.3. The van der Waals surface area contributed by atoms with Crippen molar-refractivity contribution < 1.29 is 28.2 Å². The second-order valence-electron chi connectivity index (χ2n) is 20.6. The smallest absolute Gasteiger partial charge is 0.238 e. The molecule has 12 aromatic rings. The van der Waals surface area contributed by atoms with E-state index in [2.05, 4.69) is 201 Å². The van der Waals surface area contributed by atoms with Gasteiger partial charge in [-0.1, -0.05) is 72.8 Å². The summed E-state index contributed by atoms with van der Waals surface area (Å²) in [6, 6.07) is 79.0. The fraction of sp³-hybridized carbons (Fsp3) is 0.130. The summed E-state index contributed by atoms with van der Waals surface area (Å²) in [5.74, 6) is 1.58. The van der Waals surface area contributed by atoms with Crippen LogP contribution in [0.25, 0.3) is 88.9 Å². The number of imidazole rings is 1. The summed E-state index contributed by atoms with van der Waals surface area (Å²) in [4.78, 5) is 5.00. The molecule has 1 aliphatic rings. The normalized spacial score (nSPS) is 14.4. The Morgan fingerprint density at radius 1 is 0.573 bits per heavy atom. The molecule has 6 heteroatoms. The quantitative estimate of drug-likeness (QED) is 0.135. The molecule has 3 heterocycles. The number of para-hydroxylation sites is 2. The summed E-state index contributed by atoms with van der Waals surface area (Å²) in [6.45, 7) is 4.48. The first-order valence-electron chi connectivity index (χ1n) is 27.2. The van der Waals surface area contributed by atoms with Crippen molar-refractivity contribution in [2.24, 2.45) is 0 Å². The van der Waals surface area contributed by atoms with Crippen molar-refractivity contribution in [1.29, 1.82) is 0 Å². The minimum Gasteiger partial charge on any atom is -0.238 e. The summed E-state index contributed by atoms with van der Waals surface area (Å²) in [7, 11) is 0. The molecule has 3 aromatic heterocycles. The van der Waals surface area contributed by atoms with E-state index in [-0.39, 0.29) is 17.0 Å². The molecule has 1 aliphatic carbocycles. The van der Waals surface area contributed by atoms with Crippen molar-refractivity contribution in [3.8, 4) is 67.5 Å². The first-order valence-corrected chi connectivity index (χ1v) is 26.8. The van der Waals surface area contributed by atoms with Crippen molar-refractivity contribution in [2.45, 2.75) is 58.3 Å².